The summed E-state index contributed by atoms with van der Waals surface area (Å²) in [6.45, 7) is 8.40. The van der Waals surface area contributed by atoms with E-state index >= 15 is 0 Å². The Morgan fingerprint density at radius 2 is 1.95 bits per heavy atom. The lowest BCUT2D eigenvalue weighted by molar-refractivity contribution is 0.596. The summed E-state index contributed by atoms with van der Waals surface area (Å²) in [4.78, 5) is 4.20. The maximum Gasteiger partial charge on any atom is 0.0657 e. The van der Waals surface area contributed by atoms with Crippen LogP contribution in [0.1, 0.15) is 50.2 Å². The van der Waals surface area contributed by atoms with Gasteiger partial charge in [-0.15, -0.1) is 0 Å². The normalized spacial score (nSPS) is 13.6. The van der Waals surface area contributed by atoms with Crippen molar-refractivity contribution >= 4 is 11.9 Å². The maximum atomic E-state index is 5.56. The van der Waals surface area contributed by atoms with E-state index in [9.17, 15) is 0 Å². The topological polar surface area (TPSA) is 64.4 Å². The van der Waals surface area contributed by atoms with E-state index in [-0.39, 0.29) is 0 Å². The van der Waals surface area contributed by atoms with Gasteiger partial charge >= 0.3 is 0 Å². The third kappa shape index (κ3) is 4.57. The molecule has 0 aromatic heterocycles. The van der Waals surface area contributed by atoms with Crippen LogP contribution in [0.25, 0.3) is 5.70 Å². The van der Waals surface area contributed by atoms with Gasteiger partial charge in [-0.05, 0) is 29.9 Å². The van der Waals surface area contributed by atoms with Gasteiger partial charge in [-0.2, -0.15) is 0 Å². The van der Waals surface area contributed by atoms with Crippen LogP contribution in [0.4, 0.5) is 0 Å². The van der Waals surface area contributed by atoms with Gasteiger partial charge in [0.2, 0.25) is 0 Å². The van der Waals surface area contributed by atoms with E-state index < -0.39 is 0 Å². The summed E-state index contributed by atoms with van der Waals surface area (Å²) in [5, 5.41) is 0. The molecule has 0 aliphatic rings. The summed E-state index contributed by atoms with van der Waals surface area (Å²) in [7, 11) is 0. The Hall–Kier alpha value is -2.03. The molecule has 0 saturated heterocycles. The fourth-order valence-corrected chi connectivity index (χ4v) is 2.17. The zero-order valence-electron chi connectivity index (χ0n) is 12.5. The van der Waals surface area contributed by atoms with Crippen molar-refractivity contribution in [2.24, 2.45) is 16.5 Å². The lowest BCUT2D eigenvalue weighted by Crippen LogP contribution is -2.01. The van der Waals surface area contributed by atoms with E-state index in [4.69, 9.17) is 11.5 Å². The second-order valence-corrected chi connectivity index (χ2v) is 4.89. The second-order valence-electron chi connectivity index (χ2n) is 4.89. The van der Waals surface area contributed by atoms with Crippen molar-refractivity contribution in [2.75, 3.05) is 0 Å². The van der Waals surface area contributed by atoms with Crippen molar-refractivity contribution in [3.8, 4) is 0 Å². The number of rotatable bonds is 7. The molecule has 1 rings (SSSR count). The first-order valence-corrected chi connectivity index (χ1v) is 7.13. The zero-order chi connectivity index (χ0) is 15.0. The molecule has 0 saturated carbocycles. The molecular formula is C17H25N3. The molecule has 108 valence electrons. The number of hydrogen-bond donors (Lipinski definition) is 2. The predicted molar refractivity (Wildman–Crippen MR) is 88.4 cm³/mol. The first-order valence-electron chi connectivity index (χ1n) is 7.13. The third-order valence-corrected chi connectivity index (χ3v) is 3.41. The first-order chi connectivity index (χ1) is 9.62. The quantitative estimate of drug-likeness (QED) is 0.741. The summed E-state index contributed by atoms with van der Waals surface area (Å²) in [6.07, 6.45) is 6.44. The number of nitrogens with zero attached hydrogens (tertiary/aromatic N) is 1. The fourth-order valence-electron chi connectivity index (χ4n) is 2.17. The Labute approximate surface area is 122 Å². The highest BCUT2D eigenvalue weighted by Crippen LogP contribution is 2.26. The van der Waals surface area contributed by atoms with Crippen LogP contribution in [0.15, 0.2) is 47.7 Å². The molecule has 1 aromatic rings. The van der Waals surface area contributed by atoms with Crippen LogP contribution in [0, 0.1) is 0 Å². The average Bonchev–Trinajstić information content (AvgIpc) is 2.50. The fraction of sp³-hybridized carbons (Fsp3) is 0.353. The zero-order valence-corrected chi connectivity index (χ0v) is 12.5. The van der Waals surface area contributed by atoms with Crippen LogP contribution in [0.5, 0.6) is 0 Å². The highest BCUT2D eigenvalue weighted by Gasteiger charge is 2.08. The molecule has 0 spiro atoms. The van der Waals surface area contributed by atoms with E-state index in [2.05, 4.69) is 49.7 Å². The van der Waals surface area contributed by atoms with Crippen molar-refractivity contribution in [1.29, 1.82) is 0 Å². The Bertz CT molecular complexity index is 483. The predicted octanol–water partition coefficient (Wildman–Crippen LogP) is 3.78. The molecule has 0 aliphatic heterocycles. The van der Waals surface area contributed by atoms with Crippen molar-refractivity contribution in [1.82, 2.24) is 0 Å². The smallest absolute Gasteiger partial charge is 0.0657 e. The Balaban J connectivity index is 2.80. The first kappa shape index (κ1) is 16.0. The number of hydrogen-bond acceptors (Lipinski definition) is 3. The van der Waals surface area contributed by atoms with E-state index in [0.717, 1.165) is 5.56 Å². The third-order valence-electron chi connectivity index (χ3n) is 3.41. The minimum Gasteiger partial charge on any atom is -0.403 e. The molecule has 0 aliphatic carbocycles. The summed E-state index contributed by atoms with van der Waals surface area (Å²) in [5.41, 5.74) is 14.3. The largest absolute Gasteiger partial charge is 0.403 e. The molecule has 3 nitrogen and oxygen atoms in total. The monoisotopic (exact) mass is 271 g/mol. The Kier molecular flexibility index (Phi) is 6.57. The molecule has 1 atom stereocenters. The molecule has 0 heterocycles. The maximum absolute atomic E-state index is 5.56. The molecule has 1 aromatic carbocycles. The summed E-state index contributed by atoms with van der Waals surface area (Å²) < 4.78 is 0. The number of benzene rings is 1. The number of aliphatic imine (C=N–C) groups is 1. The molecule has 0 radical (unpaired) electrons. The summed E-state index contributed by atoms with van der Waals surface area (Å²) >= 11 is 0. The van der Waals surface area contributed by atoms with Gasteiger partial charge in [-0.25, -0.2) is 0 Å². The highest BCUT2D eigenvalue weighted by atomic mass is 14.8. The van der Waals surface area contributed by atoms with Crippen LogP contribution >= 0.6 is 0 Å². The van der Waals surface area contributed by atoms with Crippen molar-refractivity contribution in [3.05, 3.63) is 53.9 Å². The van der Waals surface area contributed by atoms with Gasteiger partial charge < -0.3 is 11.5 Å². The molecule has 0 amide bonds. The molecule has 3 heteroatoms. The second kappa shape index (κ2) is 8.20. The average molecular weight is 271 g/mol. The number of nitrogens with two attached hydrogens (primary N) is 2. The van der Waals surface area contributed by atoms with Crippen LogP contribution in [0.3, 0.4) is 0 Å². The van der Waals surface area contributed by atoms with Gasteiger partial charge in [0.15, 0.2) is 0 Å². The summed E-state index contributed by atoms with van der Waals surface area (Å²) in [5.74, 6) is 0.640. The van der Waals surface area contributed by atoms with Crippen molar-refractivity contribution < 1.29 is 0 Å². The SMILES string of the molecule is C=C(/N=C\C(N)=C/N)c1ccc(C(CC)CCC)cc1. The van der Waals surface area contributed by atoms with Crippen LogP contribution in [-0.2, 0) is 0 Å². The van der Waals surface area contributed by atoms with Gasteiger partial charge in [-0.1, -0.05) is 51.1 Å². The molecule has 0 bridgehead atoms. The van der Waals surface area contributed by atoms with Gasteiger partial charge in [0.25, 0.3) is 0 Å². The highest BCUT2D eigenvalue weighted by molar-refractivity contribution is 5.83. The van der Waals surface area contributed by atoms with Gasteiger partial charge in [0, 0.05) is 6.20 Å². The van der Waals surface area contributed by atoms with Gasteiger partial charge in [0.05, 0.1) is 17.6 Å². The van der Waals surface area contributed by atoms with E-state index in [1.807, 2.05) is 0 Å². The van der Waals surface area contributed by atoms with Gasteiger partial charge in [0.1, 0.15) is 0 Å². The molecule has 1 unspecified atom stereocenters. The lowest BCUT2D eigenvalue weighted by atomic mass is 9.91. The molecule has 4 N–H and O–H groups in total. The standard InChI is InChI=1S/C17H25N3/c1-4-6-14(5-2)16-9-7-15(8-10-16)13(3)20-12-17(19)11-18/h7-12,14H,3-6,18-19H2,1-2H3/b17-11+,20-12-. The molecule has 20 heavy (non-hydrogen) atoms. The van der Waals surface area contributed by atoms with Crippen LogP contribution in [-0.4, -0.2) is 6.21 Å². The summed E-state index contributed by atoms with van der Waals surface area (Å²) in [6, 6.07) is 8.47. The van der Waals surface area contributed by atoms with E-state index in [1.54, 1.807) is 0 Å². The number of allylic oxidation sites excluding steroid dienone is 1. The van der Waals surface area contributed by atoms with Crippen molar-refractivity contribution in [3.63, 3.8) is 0 Å². The van der Waals surface area contributed by atoms with Crippen LogP contribution in [0.2, 0.25) is 0 Å². The van der Waals surface area contributed by atoms with Crippen LogP contribution < -0.4 is 11.5 Å². The Morgan fingerprint density at radius 1 is 1.30 bits per heavy atom. The molecule has 0 fully saturated rings. The molecular weight excluding hydrogens is 246 g/mol. The minimum atomic E-state index is 0.428. The van der Waals surface area contributed by atoms with Crippen molar-refractivity contribution in [2.45, 2.75) is 39.0 Å². The van der Waals surface area contributed by atoms with E-state index in [0.29, 0.717) is 17.3 Å². The lowest BCUT2D eigenvalue weighted by Gasteiger charge is -2.14. The van der Waals surface area contributed by atoms with Gasteiger partial charge in [-0.3, -0.25) is 4.99 Å². The minimum absolute atomic E-state index is 0.428. The van der Waals surface area contributed by atoms with E-state index in [1.165, 1.54) is 37.2 Å². The Morgan fingerprint density at radius 3 is 2.45 bits per heavy atom.